The molecule has 8 nitrogen and oxygen atoms in total. The predicted molar refractivity (Wildman–Crippen MR) is 132 cm³/mol. The highest BCUT2D eigenvalue weighted by Gasteiger charge is 2.17. The van der Waals surface area contributed by atoms with Gasteiger partial charge in [0.25, 0.3) is 0 Å². The van der Waals surface area contributed by atoms with E-state index in [9.17, 15) is 4.79 Å². The van der Waals surface area contributed by atoms with Crippen LogP contribution in [-0.2, 0) is 11.8 Å². The summed E-state index contributed by atoms with van der Waals surface area (Å²) < 4.78 is 8.97. The fourth-order valence-electron chi connectivity index (χ4n) is 3.59. The van der Waals surface area contributed by atoms with Crippen molar-refractivity contribution in [2.45, 2.75) is 12.1 Å². The summed E-state index contributed by atoms with van der Waals surface area (Å²) in [4.78, 5) is 12.9. The number of amides is 1. The number of hydrogen-bond acceptors (Lipinski definition) is 6. The molecule has 170 valence electrons. The van der Waals surface area contributed by atoms with Crippen LogP contribution in [0.5, 0.6) is 0 Å². The molecular weight excluding hydrogens is 448 g/mol. The van der Waals surface area contributed by atoms with Gasteiger partial charge in [0.05, 0.1) is 29.0 Å². The fraction of sp³-hybridized carbons (Fsp3) is 0.120. The topological polar surface area (TPSA) is 90.8 Å². The first-order chi connectivity index (χ1) is 16.6. The van der Waals surface area contributed by atoms with Crippen molar-refractivity contribution < 1.29 is 9.21 Å². The lowest BCUT2D eigenvalue weighted by Crippen LogP contribution is -2.17. The summed E-state index contributed by atoms with van der Waals surface area (Å²) >= 11 is 1.32. The number of carbonyl (C=O) groups is 1. The average Bonchev–Trinajstić information content (AvgIpc) is 3.57. The number of aromatic nitrogens is 5. The molecule has 1 N–H and O–H groups in total. The van der Waals surface area contributed by atoms with Crippen LogP contribution >= 0.6 is 11.8 Å². The third-order valence-electron chi connectivity index (χ3n) is 5.31. The van der Waals surface area contributed by atoms with Gasteiger partial charge in [-0.2, -0.15) is 5.10 Å². The summed E-state index contributed by atoms with van der Waals surface area (Å²) in [5.41, 5.74) is 3.50. The molecule has 0 fully saturated rings. The summed E-state index contributed by atoms with van der Waals surface area (Å²) in [5.74, 6) is 2.09. The van der Waals surface area contributed by atoms with Gasteiger partial charge in [-0.25, -0.2) is 4.68 Å². The standard InChI is InChI=1S/C25H22N6O2S/c1-17-20(13-14-33-17)24-27-28-25(30(24)2)34-16-23(32)26-22-15-21(18-9-5-3-6-10-18)29-31(22)19-11-7-4-8-12-19/h3-15H,16H2,1-2H3,(H,26,32). The van der Waals surface area contributed by atoms with Crippen molar-refractivity contribution in [2.24, 2.45) is 7.05 Å². The molecule has 0 saturated heterocycles. The summed E-state index contributed by atoms with van der Waals surface area (Å²) in [7, 11) is 1.87. The van der Waals surface area contributed by atoms with Crippen LogP contribution in [0.1, 0.15) is 5.76 Å². The molecule has 5 aromatic rings. The van der Waals surface area contributed by atoms with Crippen LogP contribution < -0.4 is 5.32 Å². The largest absolute Gasteiger partial charge is 0.469 e. The molecule has 9 heteroatoms. The Bertz CT molecular complexity index is 1420. The molecule has 0 radical (unpaired) electrons. The molecule has 0 aliphatic heterocycles. The van der Waals surface area contributed by atoms with E-state index in [2.05, 4.69) is 15.5 Å². The minimum Gasteiger partial charge on any atom is -0.469 e. The third kappa shape index (κ3) is 4.38. The van der Waals surface area contributed by atoms with Gasteiger partial charge in [-0.1, -0.05) is 60.3 Å². The highest BCUT2D eigenvalue weighted by Crippen LogP contribution is 2.27. The number of carbonyl (C=O) groups excluding carboxylic acids is 1. The lowest BCUT2D eigenvalue weighted by atomic mass is 10.2. The molecule has 5 rings (SSSR count). The van der Waals surface area contributed by atoms with Crippen molar-refractivity contribution in [3.05, 3.63) is 84.8 Å². The van der Waals surface area contributed by atoms with Crippen LogP contribution in [0.15, 0.2) is 88.6 Å². The second-order valence-corrected chi connectivity index (χ2v) is 8.56. The van der Waals surface area contributed by atoms with Crippen molar-refractivity contribution in [3.63, 3.8) is 0 Å². The Hall–Kier alpha value is -4.11. The van der Waals surface area contributed by atoms with Gasteiger partial charge in [0, 0.05) is 18.7 Å². The second-order valence-electron chi connectivity index (χ2n) is 7.62. The highest BCUT2D eigenvalue weighted by molar-refractivity contribution is 7.99. The van der Waals surface area contributed by atoms with E-state index < -0.39 is 0 Å². The van der Waals surface area contributed by atoms with E-state index in [1.165, 1.54) is 11.8 Å². The number of nitrogens with one attached hydrogen (secondary N) is 1. The van der Waals surface area contributed by atoms with E-state index in [1.54, 1.807) is 10.9 Å². The first-order valence-corrected chi connectivity index (χ1v) is 11.7. The van der Waals surface area contributed by atoms with Crippen molar-refractivity contribution >= 4 is 23.5 Å². The molecule has 0 saturated carbocycles. The number of anilines is 1. The number of hydrogen-bond donors (Lipinski definition) is 1. The number of furan rings is 1. The number of nitrogens with zero attached hydrogens (tertiary/aromatic N) is 5. The van der Waals surface area contributed by atoms with Crippen LogP contribution in [0, 0.1) is 6.92 Å². The van der Waals surface area contributed by atoms with Gasteiger partial charge < -0.3 is 14.3 Å². The summed E-state index contributed by atoms with van der Waals surface area (Å²) in [6.07, 6.45) is 1.62. The SMILES string of the molecule is Cc1occc1-c1nnc(SCC(=O)Nc2cc(-c3ccccc3)nn2-c2ccccc2)n1C. The molecule has 0 spiro atoms. The summed E-state index contributed by atoms with van der Waals surface area (Å²) in [5, 5.41) is 16.9. The number of aryl methyl sites for hydroxylation is 1. The molecule has 0 unspecified atom stereocenters. The molecule has 1 amide bonds. The van der Waals surface area contributed by atoms with E-state index in [0.717, 1.165) is 28.3 Å². The van der Waals surface area contributed by atoms with Crippen molar-refractivity contribution in [2.75, 3.05) is 11.1 Å². The Kier molecular flexibility index (Phi) is 6.01. The van der Waals surface area contributed by atoms with Crippen molar-refractivity contribution in [1.29, 1.82) is 0 Å². The highest BCUT2D eigenvalue weighted by atomic mass is 32.2. The van der Waals surface area contributed by atoms with Crippen molar-refractivity contribution in [1.82, 2.24) is 24.5 Å². The predicted octanol–water partition coefficient (Wildman–Crippen LogP) is 4.97. The van der Waals surface area contributed by atoms with Crippen molar-refractivity contribution in [3.8, 4) is 28.3 Å². The maximum absolute atomic E-state index is 12.9. The zero-order valence-electron chi connectivity index (χ0n) is 18.7. The van der Waals surface area contributed by atoms with Gasteiger partial charge in [0.15, 0.2) is 11.0 Å². The van der Waals surface area contributed by atoms with Crippen LogP contribution in [0.4, 0.5) is 5.82 Å². The van der Waals surface area contributed by atoms with Gasteiger partial charge in [-0.05, 0) is 25.1 Å². The van der Waals surface area contributed by atoms with Gasteiger partial charge >= 0.3 is 0 Å². The molecule has 0 bridgehead atoms. The second kappa shape index (κ2) is 9.40. The van der Waals surface area contributed by atoms with Crippen LogP contribution in [-0.4, -0.2) is 36.2 Å². The molecule has 0 atom stereocenters. The lowest BCUT2D eigenvalue weighted by molar-refractivity contribution is -0.113. The van der Waals surface area contributed by atoms with Gasteiger partial charge in [-0.3, -0.25) is 4.79 Å². The summed E-state index contributed by atoms with van der Waals surface area (Å²) in [6, 6.07) is 23.3. The number of para-hydroxylation sites is 1. The van der Waals surface area contributed by atoms with Gasteiger partial charge in [0.2, 0.25) is 5.91 Å². The number of rotatable bonds is 7. The molecule has 34 heavy (non-hydrogen) atoms. The van der Waals surface area contributed by atoms with Gasteiger partial charge in [0.1, 0.15) is 11.6 Å². The average molecular weight is 471 g/mol. The van der Waals surface area contributed by atoms with Gasteiger partial charge in [-0.15, -0.1) is 10.2 Å². The van der Waals surface area contributed by atoms with Crippen LogP contribution in [0.3, 0.4) is 0 Å². The van der Waals surface area contributed by atoms with E-state index in [1.807, 2.05) is 91.3 Å². The minimum absolute atomic E-state index is 0.161. The summed E-state index contributed by atoms with van der Waals surface area (Å²) in [6.45, 7) is 1.88. The zero-order chi connectivity index (χ0) is 23.5. The van der Waals surface area contributed by atoms with E-state index in [4.69, 9.17) is 9.52 Å². The first kappa shape index (κ1) is 21.7. The van der Waals surface area contributed by atoms with Crippen LogP contribution in [0.2, 0.25) is 0 Å². The molecule has 3 heterocycles. The molecule has 0 aliphatic carbocycles. The Morgan fingerprint density at radius 2 is 1.76 bits per heavy atom. The first-order valence-electron chi connectivity index (χ1n) is 10.7. The lowest BCUT2D eigenvalue weighted by Gasteiger charge is -2.08. The molecule has 0 aliphatic rings. The maximum Gasteiger partial charge on any atom is 0.236 e. The Morgan fingerprint density at radius 3 is 2.47 bits per heavy atom. The van der Waals surface area contributed by atoms with E-state index >= 15 is 0 Å². The van der Waals surface area contributed by atoms with Crippen LogP contribution in [0.25, 0.3) is 28.3 Å². The molecule has 2 aromatic carbocycles. The maximum atomic E-state index is 12.9. The fourth-order valence-corrected chi connectivity index (χ4v) is 4.30. The number of thioether (sulfide) groups is 1. The normalized spacial score (nSPS) is 11.0. The molecule has 3 aromatic heterocycles. The minimum atomic E-state index is -0.161. The third-order valence-corrected chi connectivity index (χ3v) is 6.33. The van der Waals surface area contributed by atoms with E-state index in [0.29, 0.717) is 16.8 Å². The Morgan fingerprint density at radius 1 is 1.03 bits per heavy atom. The zero-order valence-corrected chi connectivity index (χ0v) is 19.5. The quantitative estimate of drug-likeness (QED) is 0.338. The smallest absolute Gasteiger partial charge is 0.236 e. The molecular formula is C25H22N6O2S. The number of benzene rings is 2. The Balaban J connectivity index is 1.34. The monoisotopic (exact) mass is 470 g/mol. The van der Waals surface area contributed by atoms with E-state index in [-0.39, 0.29) is 11.7 Å². The Labute approximate surface area is 200 Å².